The molecule has 25 heavy (non-hydrogen) atoms. The van der Waals surface area contributed by atoms with Gasteiger partial charge in [0.1, 0.15) is 11.3 Å². The minimum atomic E-state index is -0.438. The highest BCUT2D eigenvalue weighted by Gasteiger charge is 2.41. The van der Waals surface area contributed by atoms with Gasteiger partial charge in [-0.25, -0.2) is 9.78 Å². The number of esters is 1. The normalized spacial score (nSPS) is 15.0. The lowest BCUT2D eigenvalue weighted by molar-refractivity contribution is 0.0597. The maximum absolute atomic E-state index is 12.1. The number of halogens is 1. The molecule has 0 N–H and O–H groups in total. The quantitative estimate of drug-likeness (QED) is 0.471. The lowest BCUT2D eigenvalue weighted by atomic mass is 10.0. The predicted molar refractivity (Wildman–Crippen MR) is 106 cm³/mol. The monoisotopic (exact) mass is 451 g/mol. The number of pyridine rings is 1. The van der Waals surface area contributed by atoms with E-state index in [1.54, 1.807) is 6.07 Å². The van der Waals surface area contributed by atoms with Crippen molar-refractivity contribution in [2.24, 2.45) is 0 Å². The number of aromatic nitrogens is 1. The second kappa shape index (κ2) is 6.59. The number of benzene rings is 1. The summed E-state index contributed by atoms with van der Waals surface area (Å²) in [4.78, 5) is 16.8. The molecule has 1 aromatic carbocycles. The first-order valence-electron chi connectivity index (χ1n) is 8.31. The van der Waals surface area contributed by atoms with Crippen LogP contribution in [0.4, 0.5) is 0 Å². The summed E-state index contributed by atoms with van der Waals surface area (Å²) >= 11 is 2.26. The molecule has 2 aromatic rings. The fraction of sp³-hybridized carbons (Fsp3) is 0.400. The van der Waals surface area contributed by atoms with Gasteiger partial charge in [-0.1, -0.05) is 6.92 Å². The van der Waals surface area contributed by atoms with Gasteiger partial charge in [-0.05, 0) is 91.1 Å². The zero-order chi connectivity index (χ0) is 18.4. The van der Waals surface area contributed by atoms with Gasteiger partial charge in [-0.2, -0.15) is 0 Å². The van der Waals surface area contributed by atoms with E-state index < -0.39 is 5.97 Å². The SMILES string of the molecule is COC(=O)c1ccc(C2(C)CC2)nc1Oc1c(I)cc(C)c(C)c1C. The van der Waals surface area contributed by atoms with Crippen LogP contribution in [0.2, 0.25) is 0 Å². The first-order chi connectivity index (χ1) is 11.8. The Bertz CT molecular complexity index is 857. The summed E-state index contributed by atoms with van der Waals surface area (Å²) in [5, 5.41) is 0. The van der Waals surface area contributed by atoms with Crippen LogP contribution >= 0.6 is 22.6 Å². The molecule has 132 valence electrons. The van der Waals surface area contributed by atoms with Crippen LogP contribution < -0.4 is 4.74 Å². The van der Waals surface area contributed by atoms with E-state index in [1.165, 1.54) is 18.2 Å². The van der Waals surface area contributed by atoms with Gasteiger partial charge < -0.3 is 9.47 Å². The number of carbonyl (C=O) groups excluding carboxylic acids is 1. The number of hydrogen-bond acceptors (Lipinski definition) is 4. The number of hydrogen-bond donors (Lipinski definition) is 0. The zero-order valence-corrected chi connectivity index (χ0v) is 17.4. The largest absolute Gasteiger partial charge is 0.465 e. The van der Waals surface area contributed by atoms with Crippen molar-refractivity contribution in [2.45, 2.75) is 46.0 Å². The first-order valence-corrected chi connectivity index (χ1v) is 9.38. The molecular weight excluding hydrogens is 429 g/mol. The molecule has 0 atom stereocenters. The molecule has 3 rings (SSSR count). The van der Waals surface area contributed by atoms with E-state index in [-0.39, 0.29) is 5.41 Å². The van der Waals surface area contributed by atoms with E-state index in [1.807, 2.05) is 13.0 Å². The highest BCUT2D eigenvalue weighted by atomic mass is 127. The third kappa shape index (κ3) is 3.38. The van der Waals surface area contributed by atoms with Gasteiger partial charge >= 0.3 is 5.97 Å². The van der Waals surface area contributed by atoms with E-state index in [0.717, 1.165) is 33.4 Å². The molecule has 5 heteroatoms. The van der Waals surface area contributed by atoms with E-state index in [0.29, 0.717) is 11.4 Å². The first kappa shape index (κ1) is 18.2. The predicted octanol–water partition coefficient (Wildman–Crippen LogP) is 5.24. The Morgan fingerprint density at radius 1 is 1.20 bits per heavy atom. The number of carbonyl (C=O) groups is 1. The number of methoxy groups -OCH3 is 1. The number of aryl methyl sites for hydroxylation is 1. The van der Waals surface area contributed by atoms with Crippen LogP contribution in [-0.4, -0.2) is 18.1 Å². The van der Waals surface area contributed by atoms with Crippen LogP contribution in [0, 0.1) is 24.3 Å². The fourth-order valence-electron chi connectivity index (χ4n) is 2.79. The van der Waals surface area contributed by atoms with Crippen LogP contribution in [0.15, 0.2) is 18.2 Å². The van der Waals surface area contributed by atoms with Crippen molar-refractivity contribution >= 4 is 28.6 Å². The lowest BCUT2D eigenvalue weighted by Gasteiger charge is -2.17. The molecule has 0 spiro atoms. The standard InChI is InChI=1S/C20H22INO3/c1-11-10-15(21)17(13(3)12(11)2)25-18-14(19(23)24-5)6-7-16(22-18)20(4)8-9-20/h6-7,10H,8-9H2,1-5H3. The van der Waals surface area contributed by atoms with E-state index in [4.69, 9.17) is 9.47 Å². The van der Waals surface area contributed by atoms with Gasteiger partial charge in [0.05, 0.1) is 16.4 Å². The number of rotatable bonds is 4. The van der Waals surface area contributed by atoms with Gasteiger partial charge in [0, 0.05) is 5.41 Å². The molecule has 1 aliphatic rings. The van der Waals surface area contributed by atoms with Crippen molar-refractivity contribution in [2.75, 3.05) is 7.11 Å². The Kier molecular flexibility index (Phi) is 4.79. The van der Waals surface area contributed by atoms with Crippen LogP contribution in [0.3, 0.4) is 0 Å². The van der Waals surface area contributed by atoms with Crippen molar-refractivity contribution < 1.29 is 14.3 Å². The summed E-state index contributed by atoms with van der Waals surface area (Å²) < 4.78 is 12.1. The minimum absolute atomic E-state index is 0.0954. The highest BCUT2D eigenvalue weighted by Crippen LogP contribution is 2.47. The average Bonchev–Trinajstić information content (AvgIpc) is 3.35. The second-order valence-electron chi connectivity index (χ2n) is 6.96. The number of nitrogens with zero attached hydrogens (tertiary/aromatic N) is 1. The summed E-state index contributed by atoms with van der Waals surface area (Å²) in [6.07, 6.45) is 2.22. The molecule has 0 aliphatic heterocycles. The smallest absolute Gasteiger partial charge is 0.343 e. The number of ether oxygens (including phenoxy) is 2. The summed E-state index contributed by atoms with van der Waals surface area (Å²) in [6.45, 7) is 8.37. The molecule has 1 saturated carbocycles. The molecule has 0 unspecified atom stereocenters. The Morgan fingerprint density at radius 2 is 1.88 bits per heavy atom. The Morgan fingerprint density at radius 3 is 2.48 bits per heavy atom. The van der Waals surface area contributed by atoms with Crippen LogP contribution in [0.5, 0.6) is 11.6 Å². The molecule has 1 aromatic heterocycles. The third-order valence-corrected chi connectivity index (χ3v) is 5.94. The molecule has 0 saturated heterocycles. The minimum Gasteiger partial charge on any atom is -0.465 e. The maximum Gasteiger partial charge on any atom is 0.343 e. The van der Waals surface area contributed by atoms with Crippen molar-refractivity contribution in [1.29, 1.82) is 0 Å². The fourth-order valence-corrected chi connectivity index (χ4v) is 3.78. The van der Waals surface area contributed by atoms with Crippen LogP contribution in [0.1, 0.15) is 52.5 Å². The van der Waals surface area contributed by atoms with Gasteiger partial charge in [-0.15, -0.1) is 0 Å². The molecule has 4 nitrogen and oxygen atoms in total. The topological polar surface area (TPSA) is 48.4 Å². The molecule has 0 amide bonds. The van der Waals surface area contributed by atoms with Crippen LogP contribution in [-0.2, 0) is 10.2 Å². The Hall–Kier alpha value is -1.63. The molecule has 1 aliphatic carbocycles. The van der Waals surface area contributed by atoms with Gasteiger partial charge in [-0.3, -0.25) is 0 Å². The summed E-state index contributed by atoms with van der Waals surface area (Å²) in [5.74, 6) is 0.632. The molecule has 1 heterocycles. The van der Waals surface area contributed by atoms with E-state index >= 15 is 0 Å². The molecule has 0 radical (unpaired) electrons. The Labute approximate surface area is 162 Å². The molecule has 1 fully saturated rings. The highest BCUT2D eigenvalue weighted by molar-refractivity contribution is 14.1. The van der Waals surface area contributed by atoms with Gasteiger partial charge in [0.2, 0.25) is 5.88 Å². The zero-order valence-electron chi connectivity index (χ0n) is 15.2. The maximum atomic E-state index is 12.1. The van der Waals surface area contributed by atoms with E-state index in [9.17, 15) is 4.79 Å². The van der Waals surface area contributed by atoms with Crippen molar-refractivity contribution in [3.8, 4) is 11.6 Å². The third-order valence-electron chi connectivity index (χ3n) is 5.14. The van der Waals surface area contributed by atoms with E-state index in [2.05, 4.69) is 54.4 Å². The van der Waals surface area contributed by atoms with Gasteiger partial charge in [0.15, 0.2) is 0 Å². The van der Waals surface area contributed by atoms with Crippen molar-refractivity contribution in [1.82, 2.24) is 4.98 Å². The lowest BCUT2D eigenvalue weighted by Crippen LogP contribution is -2.10. The summed E-state index contributed by atoms with van der Waals surface area (Å²) in [6, 6.07) is 5.75. The van der Waals surface area contributed by atoms with Crippen LogP contribution in [0.25, 0.3) is 0 Å². The average molecular weight is 451 g/mol. The molecular formula is C20H22INO3. The summed E-state index contributed by atoms with van der Waals surface area (Å²) in [5.41, 5.74) is 4.87. The van der Waals surface area contributed by atoms with Crippen molar-refractivity contribution in [3.05, 3.63) is 49.7 Å². The van der Waals surface area contributed by atoms with Gasteiger partial charge in [0.25, 0.3) is 0 Å². The summed E-state index contributed by atoms with van der Waals surface area (Å²) in [7, 11) is 1.37. The molecule has 0 bridgehead atoms. The Balaban J connectivity index is 2.10. The van der Waals surface area contributed by atoms with Crippen molar-refractivity contribution in [3.63, 3.8) is 0 Å². The second-order valence-corrected chi connectivity index (χ2v) is 8.12.